The van der Waals surface area contributed by atoms with Gasteiger partial charge in [-0.1, -0.05) is 18.2 Å². The van der Waals surface area contributed by atoms with Gasteiger partial charge in [0.05, 0.1) is 6.33 Å². The van der Waals surface area contributed by atoms with E-state index >= 15 is 0 Å². The van der Waals surface area contributed by atoms with Crippen LogP contribution < -0.4 is 10.6 Å². The lowest BCUT2D eigenvalue weighted by molar-refractivity contribution is 0.613. The second-order valence-electron chi connectivity index (χ2n) is 5.33. The van der Waals surface area contributed by atoms with E-state index in [1.54, 1.807) is 0 Å². The van der Waals surface area contributed by atoms with E-state index in [1.165, 1.54) is 0 Å². The molecule has 3 aromatic rings. The van der Waals surface area contributed by atoms with E-state index in [0.29, 0.717) is 17.8 Å². The Kier molecular flexibility index (Phi) is 3.91. The molecule has 3 rings (SSSR count). The molecule has 0 bridgehead atoms. The van der Waals surface area contributed by atoms with Gasteiger partial charge < -0.3 is 15.2 Å². The van der Waals surface area contributed by atoms with Gasteiger partial charge in [-0.3, -0.25) is 0 Å². The number of nitrogens with one attached hydrogen (secondary N) is 2. The zero-order valence-electron chi connectivity index (χ0n) is 13.0. The molecule has 2 aromatic heterocycles. The molecule has 22 heavy (non-hydrogen) atoms. The monoisotopic (exact) mass is 296 g/mol. The minimum atomic E-state index is 0.291. The van der Waals surface area contributed by atoms with Crippen molar-refractivity contribution in [2.75, 3.05) is 17.2 Å². The van der Waals surface area contributed by atoms with E-state index in [-0.39, 0.29) is 0 Å². The van der Waals surface area contributed by atoms with Crippen LogP contribution in [0.3, 0.4) is 0 Å². The van der Waals surface area contributed by atoms with Crippen molar-refractivity contribution in [2.24, 2.45) is 0 Å². The Hall–Kier alpha value is -2.63. The molecule has 0 radical (unpaired) electrons. The predicted octanol–water partition coefficient (Wildman–Crippen LogP) is 3.58. The molecule has 0 aliphatic heterocycles. The quantitative estimate of drug-likeness (QED) is 0.753. The minimum absolute atomic E-state index is 0.291. The fourth-order valence-corrected chi connectivity index (χ4v) is 2.28. The summed E-state index contributed by atoms with van der Waals surface area (Å²) in [5, 5.41) is 6.51. The van der Waals surface area contributed by atoms with E-state index in [9.17, 15) is 0 Å². The summed E-state index contributed by atoms with van der Waals surface area (Å²) in [6.07, 6.45) is 1.82. The molecule has 114 valence electrons. The van der Waals surface area contributed by atoms with Crippen molar-refractivity contribution in [2.45, 2.75) is 26.8 Å². The Balaban J connectivity index is 2.11. The first-order chi connectivity index (χ1) is 10.7. The van der Waals surface area contributed by atoms with Crippen molar-refractivity contribution in [3.8, 4) is 0 Å². The fourth-order valence-electron chi connectivity index (χ4n) is 2.28. The summed E-state index contributed by atoms with van der Waals surface area (Å²) in [5.41, 5.74) is 2.59. The van der Waals surface area contributed by atoms with Gasteiger partial charge in [-0.05, 0) is 32.9 Å². The van der Waals surface area contributed by atoms with Crippen molar-refractivity contribution in [3.63, 3.8) is 0 Å². The average molecular weight is 296 g/mol. The fraction of sp³-hybridized carbons (Fsp3) is 0.312. The van der Waals surface area contributed by atoms with Crippen LogP contribution in [0.2, 0.25) is 0 Å². The summed E-state index contributed by atoms with van der Waals surface area (Å²) in [6, 6.07) is 10.2. The molecule has 0 spiro atoms. The number of benzene rings is 1. The molecule has 0 aliphatic rings. The van der Waals surface area contributed by atoms with Crippen molar-refractivity contribution < 1.29 is 0 Å². The first-order valence-electron chi connectivity index (χ1n) is 7.49. The number of hydrogen-bond donors (Lipinski definition) is 2. The highest BCUT2D eigenvalue weighted by atomic mass is 15.2. The molecule has 2 heterocycles. The number of fused-ring (bicyclic) bond motifs is 1. The Bertz CT molecular complexity index is 763. The van der Waals surface area contributed by atoms with Crippen molar-refractivity contribution >= 4 is 28.6 Å². The van der Waals surface area contributed by atoms with E-state index in [4.69, 9.17) is 0 Å². The van der Waals surface area contributed by atoms with Crippen LogP contribution in [-0.2, 0) is 0 Å². The van der Waals surface area contributed by atoms with Crippen LogP contribution in [0.5, 0.6) is 0 Å². The van der Waals surface area contributed by atoms with Gasteiger partial charge in [0, 0.05) is 18.3 Å². The zero-order valence-corrected chi connectivity index (χ0v) is 13.0. The number of imidazole rings is 1. The van der Waals surface area contributed by atoms with Gasteiger partial charge in [-0.15, -0.1) is 0 Å². The van der Waals surface area contributed by atoms with Gasteiger partial charge in [0.15, 0.2) is 17.0 Å². The first kappa shape index (κ1) is 14.3. The predicted molar refractivity (Wildman–Crippen MR) is 89.6 cm³/mol. The molecule has 6 nitrogen and oxygen atoms in total. The second kappa shape index (κ2) is 6.01. The molecule has 0 saturated carbocycles. The lowest BCUT2D eigenvalue weighted by Crippen LogP contribution is -2.07. The highest BCUT2D eigenvalue weighted by Gasteiger charge is 2.14. The van der Waals surface area contributed by atoms with Crippen LogP contribution in [0.4, 0.5) is 17.5 Å². The van der Waals surface area contributed by atoms with Crippen LogP contribution in [0.25, 0.3) is 11.2 Å². The summed E-state index contributed by atoms with van der Waals surface area (Å²) in [6.45, 7) is 7.02. The largest absolute Gasteiger partial charge is 0.354 e. The van der Waals surface area contributed by atoms with Crippen molar-refractivity contribution in [1.29, 1.82) is 0 Å². The molecule has 0 atom stereocenters. The SMILES string of the molecule is CCNc1nc(Nc2ccccc2)c2ncn(C(C)C)c2n1. The van der Waals surface area contributed by atoms with Crippen molar-refractivity contribution in [1.82, 2.24) is 19.5 Å². The van der Waals surface area contributed by atoms with Crippen LogP contribution in [0.1, 0.15) is 26.8 Å². The molecule has 6 heteroatoms. The normalized spacial score (nSPS) is 11.1. The molecule has 1 aromatic carbocycles. The summed E-state index contributed by atoms with van der Waals surface area (Å²) in [7, 11) is 0. The number of rotatable bonds is 5. The number of para-hydroxylation sites is 1. The number of anilines is 3. The van der Waals surface area contributed by atoms with Crippen LogP contribution in [0, 0.1) is 0 Å². The lowest BCUT2D eigenvalue weighted by atomic mass is 10.3. The smallest absolute Gasteiger partial charge is 0.226 e. The number of aromatic nitrogens is 4. The Morgan fingerprint density at radius 2 is 1.91 bits per heavy atom. The van der Waals surface area contributed by atoms with Gasteiger partial charge >= 0.3 is 0 Å². The van der Waals surface area contributed by atoms with E-state index in [0.717, 1.165) is 23.4 Å². The van der Waals surface area contributed by atoms with Crippen LogP contribution in [0.15, 0.2) is 36.7 Å². The maximum Gasteiger partial charge on any atom is 0.226 e. The third-order valence-corrected chi connectivity index (χ3v) is 3.35. The second-order valence-corrected chi connectivity index (χ2v) is 5.33. The minimum Gasteiger partial charge on any atom is -0.354 e. The summed E-state index contributed by atoms with van der Waals surface area (Å²) in [4.78, 5) is 13.6. The maximum absolute atomic E-state index is 4.59. The van der Waals surface area contributed by atoms with Gasteiger partial charge in [0.1, 0.15) is 0 Å². The lowest BCUT2D eigenvalue weighted by Gasteiger charge is -2.11. The first-order valence-corrected chi connectivity index (χ1v) is 7.49. The Morgan fingerprint density at radius 1 is 1.14 bits per heavy atom. The molecule has 0 aliphatic carbocycles. The Morgan fingerprint density at radius 3 is 2.59 bits per heavy atom. The third kappa shape index (κ3) is 2.72. The standard InChI is InChI=1S/C16H20N6/c1-4-17-16-20-14(19-12-8-6-5-7-9-12)13-15(21-16)22(10-18-13)11(2)3/h5-11H,4H2,1-3H3,(H2,17,19,20,21). The highest BCUT2D eigenvalue weighted by molar-refractivity contribution is 5.86. The molecular weight excluding hydrogens is 276 g/mol. The topological polar surface area (TPSA) is 67.7 Å². The number of hydrogen-bond acceptors (Lipinski definition) is 5. The maximum atomic E-state index is 4.59. The van der Waals surface area contributed by atoms with Gasteiger partial charge in [-0.2, -0.15) is 9.97 Å². The molecule has 2 N–H and O–H groups in total. The summed E-state index contributed by atoms with van der Waals surface area (Å²) < 4.78 is 2.05. The Labute approximate surface area is 129 Å². The van der Waals surface area contributed by atoms with Gasteiger partial charge in [0.2, 0.25) is 5.95 Å². The third-order valence-electron chi connectivity index (χ3n) is 3.35. The number of nitrogens with zero attached hydrogens (tertiary/aromatic N) is 4. The van der Waals surface area contributed by atoms with Crippen LogP contribution >= 0.6 is 0 Å². The average Bonchev–Trinajstić information content (AvgIpc) is 2.93. The molecule has 0 saturated heterocycles. The highest BCUT2D eigenvalue weighted by Crippen LogP contribution is 2.25. The van der Waals surface area contributed by atoms with Crippen LogP contribution in [-0.4, -0.2) is 26.1 Å². The summed E-state index contributed by atoms with van der Waals surface area (Å²) in [5.74, 6) is 1.32. The zero-order chi connectivity index (χ0) is 15.5. The molecular formula is C16H20N6. The van der Waals surface area contributed by atoms with Gasteiger partial charge in [-0.25, -0.2) is 4.98 Å². The van der Waals surface area contributed by atoms with E-state index < -0.39 is 0 Å². The van der Waals surface area contributed by atoms with E-state index in [2.05, 4.69) is 39.4 Å². The molecule has 0 fully saturated rings. The summed E-state index contributed by atoms with van der Waals surface area (Å²) >= 11 is 0. The van der Waals surface area contributed by atoms with Gasteiger partial charge in [0.25, 0.3) is 0 Å². The molecule has 0 amide bonds. The van der Waals surface area contributed by atoms with E-state index in [1.807, 2.05) is 48.1 Å². The molecule has 0 unspecified atom stereocenters. The van der Waals surface area contributed by atoms with Crippen molar-refractivity contribution in [3.05, 3.63) is 36.7 Å².